The van der Waals surface area contributed by atoms with Crippen LogP contribution in [-0.4, -0.2) is 73.0 Å². The molecular formula is C33H37N5O3S2. The molecule has 1 unspecified atom stereocenters. The van der Waals surface area contributed by atoms with Crippen LogP contribution in [0.1, 0.15) is 23.7 Å². The van der Waals surface area contributed by atoms with E-state index in [-0.39, 0.29) is 18.2 Å². The lowest BCUT2D eigenvalue weighted by Gasteiger charge is -2.29. The molecule has 4 aromatic rings. The molecule has 1 saturated heterocycles. The topological polar surface area (TPSA) is 93.7 Å². The first-order valence-electron chi connectivity index (χ1n) is 14.7. The molecule has 43 heavy (non-hydrogen) atoms. The van der Waals surface area contributed by atoms with Crippen molar-refractivity contribution in [2.45, 2.75) is 39.0 Å². The largest absolute Gasteiger partial charge is 0.395 e. The summed E-state index contributed by atoms with van der Waals surface area (Å²) in [6.07, 6.45) is 2.78. The SMILES string of the molecule is Cc1ccc(C(CCN(C)CCO)Nc2ccc3c(c2)Sc2cccc(-c4cc(N5CCOCC5)cc(=O)[nH]4)c2S3)nc1. The van der Waals surface area contributed by atoms with E-state index in [1.165, 1.54) is 14.7 Å². The molecular weight excluding hydrogens is 579 g/mol. The van der Waals surface area contributed by atoms with Gasteiger partial charge in [-0.2, -0.15) is 0 Å². The monoisotopic (exact) mass is 615 g/mol. The van der Waals surface area contributed by atoms with E-state index in [9.17, 15) is 9.90 Å². The fraction of sp³-hybridized carbons (Fsp3) is 0.333. The summed E-state index contributed by atoms with van der Waals surface area (Å²) in [5, 5.41) is 13.1. The zero-order valence-corrected chi connectivity index (χ0v) is 26.1. The fourth-order valence-corrected chi connectivity index (χ4v) is 7.81. The molecule has 6 rings (SSSR count). The molecule has 1 fully saturated rings. The second-order valence-electron chi connectivity index (χ2n) is 11.0. The molecule has 224 valence electrons. The zero-order valence-electron chi connectivity index (χ0n) is 24.5. The molecule has 0 saturated carbocycles. The Morgan fingerprint density at radius 3 is 2.70 bits per heavy atom. The van der Waals surface area contributed by atoms with Crippen LogP contribution < -0.4 is 15.8 Å². The first-order valence-corrected chi connectivity index (χ1v) is 16.3. The Labute approximate surface area is 260 Å². The van der Waals surface area contributed by atoms with E-state index in [2.05, 4.69) is 74.7 Å². The standard InChI is InChI=1S/C33H37N5O3S2/c1-22-6-8-26(34-21-22)27(10-11-37(2)12-15-39)35-23-7-9-29-31(18-23)42-30-5-3-4-25(33(30)43-29)28-19-24(20-32(40)36-28)38-13-16-41-17-14-38/h3-9,18-21,27,35,39H,10-17H2,1-2H3,(H,36,40). The molecule has 0 bridgehead atoms. The summed E-state index contributed by atoms with van der Waals surface area (Å²) in [4.78, 5) is 29.6. The Morgan fingerprint density at radius 1 is 1.05 bits per heavy atom. The lowest BCUT2D eigenvalue weighted by Crippen LogP contribution is -2.36. The number of ether oxygens (including phenoxy) is 1. The Morgan fingerprint density at radius 2 is 1.91 bits per heavy atom. The molecule has 2 aliphatic heterocycles. The number of nitrogens with zero attached hydrogens (tertiary/aromatic N) is 3. The summed E-state index contributed by atoms with van der Waals surface area (Å²) in [5.41, 5.74) is 5.90. The molecule has 2 aromatic heterocycles. The Hall–Kier alpha value is -3.28. The Balaban J connectivity index is 1.24. The third-order valence-electron chi connectivity index (χ3n) is 7.76. The van der Waals surface area contributed by atoms with Crippen LogP contribution in [-0.2, 0) is 4.74 Å². The maximum absolute atomic E-state index is 12.7. The average molecular weight is 616 g/mol. The predicted molar refractivity (Wildman–Crippen MR) is 175 cm³/mol. The number of likely N-dealkylation sites (N-methyl/N-ethyl adjacent to an activating group) is 1. The van der Waals surface area contributed by atoms with Crippen LogP contribution in [0.3, 0.4) is 0 Å². The van der Waals surface area contributed by atoms with Crippen molar-refractivity contribution in [1.82, 2.24) is 14.9 Å². The van der Waals surface area contributed by atoms with E-state index in [0.717, 1.165) is 64.8 Å². The van der Waals surface area contributed by atoms with Gasteiger partial charge in [0, 0.05) is 75.0 Å². The summed E-state index contributed by atoms with van der Waals surface area (Å²) < 4.78 is 5.51. The summed E-state index contributed by atoms with van der Waals surface area (Å²) >= 11 is 3.51. The number of hydrogen-bond acceptors (Lipinski definition) is 9. The number of aliphatic hydroxyl groups is 1. The quantitative estimate of drug-likeness (QED) is 0.184. The molecule has 0 spiro atoms. The number of aryl methyl sites for hydroxylation is 1. The van der Waals surface area contributed by atoms with Gasteiger partial charge in [-0.25, -0.2) is 0 Å². The number of aromatic nitrogens is 2. The maximum atomic E-state index is 12.7. The van der Waals surface area contributed by atoms with Crippen LogP contribution in [0, 0.1) is 6.92 Å². The lowest BCUT2D eigenvalue weighted by molar-refractivity contribution is 0.122. The molecule has 8 nitrogen and oxygen atoms in total. The molecule has 3 N–H and O–H groups in total. The van der Waals surface area contributed by atoms with E-state index in [4.69, 9.17) is 9.72 Å². The van der Waals surface area contributed by atoms with Crippen molar-refractivity contribution in [3.05, 3.63) is 88.5 Å². The van der Waals surface area contributed by atoms with E-state index in [1.54, 1.807) is 29.6 Å². The lowest BCUT2D eigenvalue weighted by atomic mass is 10.1. The van der Waals surface area contributed by atoms with Crippen LogP contribution in [0.15, 0.2) is 91.2 Å². The second-order valence-corrected chi connectivity index (χ2v) is 13.1. The minimum Gasteiger partial charge on any atom is -0.395 e. The molecule has 1 atom stereocenters. The summed E-state index contributed by atoms with van der Waals surface area (Å²) in [6, 6.07) is 20.9. The van der Waals surface area contributed by atoms with Crippen molar-refractivity contribution >= 4 is 34.9 Å². The summed E-state index contributed by atoms with van der Waals surface area (Å²) in [5.74, 6) is 0. The van der Waals surface area contributed by atoms with Gasteiger partial charge in [-0.15, -0.1) is 0 Å². The predicted octanol–water partition coefficient (Wildman–Crippen LogP) is 5.67. The van der Waals surface area contributed by atoms with Gasteiger partial charge in [0.2, 0.25) is 5.56 Å². The maximum Gasteiger partial charge on any atom is 0.250 e. The Kier molecular flexibility index (Phi) is 9.40. The van der Waals surface area contributed by atoms with Gasteiger partial charge in [0.25, 0.3) is 0 Å². The van der Waals surface area contributed by atoms with Crippen molar-refractivity contribution in [1.29, 1.82) is 0 Å². The van der Waals surface area contributed by atoms with Crippen LogP contribution in [0.4, 0.5) is 11.4 Å². The Bertz CT molecular complexity index is 1620. The molecule has 2 aliphatic rings. The summed E-state index contributed by atoms with van der Waals surface area (Å²) in [6.45, 7) is 6.60. The van der Waals surface area contributed by atoms with Gasteiger partial charge in [0.05, 0.1) is 37.3 Å². The van der Waals surface area contributed by atoms with E-state index in [1.807, 2.05) is 20.2 Å². The highest BCUT2D eigenvalue weighted by atomic mass is 32.2. The zero-order chi connectivity index (χ0) is 29.8. The smallest absolute Gasteiger partial charge is 0.250 e. The van der Waals surface area contributed by atoms with Crippen LogP contribution >= 0.6 is 23.5 Å². The number of pyridine rings is 2. The average Bonchev–Trinajstić information content (AvgIpc) is 3.02. The number of aromatic amines is 1. The van der Waals surface area contributed by atoms with Crippen molar-refractivity contribution < 1.29 is 9.84 Å². The second kappa shape index (κ2) is 13.6. The third-order valence-corrected chi connectivity index (χ3v) is 10.4. The summed E-state index contributed by atoms with van der Waals surface area (Å²) in [7, 11) is 2.03. The minimum absolute atomic E-state index is 0.0375. The highest BCUT2D eigenvalue weighted by Gasteiger charge is 2.23. The molecule has 0 aliphatic carbocycles. The van der Waals surface area contributed by atoms with Gasteiger partial charge in [0.1, 0.15) is 0 Å². The van der Waals surface area contributed by atoms with Crippen molar-refractivity contribution in [2.75, 3.05) is 63.3 Å². The van der Waals surface area contributed by atoms with Crippen molar-refractivity contribution in [3.63, 3.8) is 0 Å². The molecule has 0 amide bonds. The number of H-pyrrole nitrogens is 1. The molecule has 10 heteroatoms. The number of benzene rings is 2. The van der Waals surface area contributed by atoms with Crippen molar-refractivity contribution in [2.24, 2.45) is 0 Å². The van der Waals surface area contributed by atoms with E-state index < -0.39 is 0 Å². The van der Waals surface area contributed by atoms with E-state index in [0.29, 0.717) is 19.8 Å². The van der Waals surface area contributed by atoms with Crippen LogP contribution in [0.2, 0.25) is 0 Å². The highest BCUT2D eigenvalue weighted by Crippen LogP contribution is 2.52. The normalized spacial score (nSPS) is 15.2. The molecule has 0 radical (unpaired) electrons. The van der Waals surface area contributed by atoms with Gasteiger partial charge >= 0.3 is 0 Å². The first-order chi connectivity index (χ1) is 21.0. The number of nitrogens with one attached hydrogen (secondary N) is 2. The number of anilines is 2. The number of fused-ring (bicyclic) bond motifs is 2. The van der Waals surface area contributed by atoms with Gasteiger partial charge in [0.15, 0.2) is 0 Å². The van der Waals surface area contributed by atoms with Gasteiger partial charge < -0.3 is 29.9 Å². The van der Waals surface area contributed by atoms with Gasteiger partial charge in [-0.1, -0.05) is 41.7 Å². The van der Waals surface area contributed by atoms with Gasteiger partial charge in [-0.3, -0.25) is 9.78 Å². The molecule has 4 heterocycles. The minimum atomic E-state index is -0.0960. The first kappa shape index (κ1) is 29.8. The highest BCUT2D eigenvalue weighted by molar-refractivity contribution is 8.05. The van der Waals surface area contributed by atoms with Gasteiger partial charge in [-0.05, 0) is 62.4 Å². The number of aliphatic hydroxyl groups excluding tert-OH is 1. The number of hydrogen-bond donors (Lipinski definition) is 3. The molecule has 2 aromatic carbocycles. The number of morpholine rings is 1. The van der Waals surface area contributed by atoms with Crippen molar-refractivity contribution in [3.8, 4) is 11.3 Å². The third kappa shape index (κ3) is 7.11. The van der Waals surface area contributed by atoms with Crippen LogP contribution in [0.5, 0.6) is 0 Å². The fourth-order valence-electron chi connectivity index (χ4n) is 5.39. The van der Waals surface area contributed by atoms with E-state index >= 15 is 0 Å². The number of rotatable bonds is 10. The van der Waals surface area contributed by atoms with Crippen LogP contribution in [0.25, 0.3) is 11.3 Å².